The lowest BCUT2D eigenvalue weighted by Crippen LogP contribution is -2.20. The summed E-state index contributed by atoms with van der Waals surface area (Å²) in [5, 5.41) is 15.3. The number of carboxylic acids is 1. The molecule has 2 amide bonds. The Balaban J connectivity index is 1.92. The van der Waals surface area contributed by atoms with Crippen LogP contribution in [0.1, 0.15) is 15.2 Å². The van der Waals surface area contributed by atoms with Crippen molar-refractivity contribution in [2.24, 2.45) is 0 Å². The van der Waals surface area contributed by atoms with Crippen LogP contribution in [-0.2, 0) is 0 Å². The summed E-state index contributed by atoms with van der Waals surface area (Å²) in [5.74, 6) is -1.07. The molecule has 2 aromatic carbocycles. The van der Waals surface area contributed by atoms with E-state index in [0.29, 0.717) is 16.3 Å². The van der Waals surface area contributed by atoms with Crippen LogP contribution in [0.25, 0.3) is 11.1 Å². The minimum atomic E-state index is -1.07. The summed E-state index contributed by atoms with van der Waals surface area (Å²) in [6.45, 7) is 1.85. The number of para-hydroxylation sites is 1. The average molecular weight is 352 g/mol. The van der Waals surface area contributed by atoms with Gasteiger partial charge in [-0.15, -0.1) is 11.3 Å². The summed E-state index contributed by atoms with van der Waals surface area (Å²) in [6.07, 6.45) is 0. The maximum Gasteiger partial charge on any atom is 0.339 e. The molecule has 1 aromatic heterocycles. The fraction of sp³-hybridized carbons (Fsp3) is 0.0526. The second-order valence-corrected chi connectivity index (χ2v) is 6.58. The van der Waals surface area contributed by atoms with Gasteiger partial charge in [0, 0.05) is 16.1 Å². The van der Waals surface area contributed by atoms with E-state index in [0.717, 1.165) is 10.4 Å². The third-order valence-corrected chi connectivity index (χ3v) is 4.64. The number of carbonyl (C=O) groups excluding carboxylic acids is 1. The average Bonchev–Trinajstić information content (AvgIpc) is 2.92. The molecule has 0 atom stereocenters. The number of nitrogens with one attached hydrogen (secondary N) is 2. The van der Waals surface area contributed by atoms with Crippen molar-refractivity contribution in [3.63, 3.8) is 0 Å². The number of hydrogen-bond acceptors (Lipinski definition) is 3. The SMILES string of the molecule is Cc1sc(NC(=O)Nc2ccccc2)c(C(=O)O)c1-c1ccccc1. The number of urea groups is 1. The van der Waals surface area contributed by atoms with E-state index in [1.807, 2.05) is 43.3 Å². The van der Waals surface area contributed by atoms with Gasteiger partial charge in [0.15, 0.2) is 0 Å². The molecule has 0 spiro atoms. The topological polar surface area (TPSA) is 78.4 Å². The molecule has 0 radical (unpaired) electrons. The first-order valence-electron chi connectivity index (χ1n) is 7.61. The molecule has 3 aromatic rings. The number of aromatic carboxylic acids is 1. The number of rotatable bonds is 4. The molecule has 5 nitrogen and oxygen atoms in total. The molecular formula is C19H16N2O3S. The first kappa shape index (κ1) is 16.7. The molecule has 6 heteroatoms. The van der Waals surface area contributed by atoms with Gasteiger partial charge >= 0.3 is 12.0 Å². The summed E-state index contributed by atoms with van der Waals surface area (Å²) in [6, 6.07) is 17.8. The molecule has 0 saturated heterocycles. The first-order chi connectivity index (χ1) is 12.1. The smallest absolute Gasteiger partial charge is 0.339 e. The Hall–Kier alpha value is -3.12. The molecule has 3 N–H and O–H groups in total. The standard InChI is InChI=1S/C19H16N2O3S/c1-12-15(13-8-4-2-5-9-13)16(18(22)23)17(25-12)21-19(24)20-14-10-6-3-7-11-14/h2-11H,1H3,(H,22,23)(H2,20,21,24). The van der Waals surface area contributed by atoms with Crippen LogP contribution in [0, 0.1) is 6.92 Å². The molecule has 0 aliphatic heterocycles. The molecule has 0 aliphatic rings. The highest BCUT2D eigenvalue weighted by atomic mass is 32.1. The zero-order valence-electron chi connectivity index (χ0n) is 13.4. The van der Waals surface area contributed by atoms with Crippen molar-refractivity contribution in [2.75, 3.05) is 10.6 Å². The predicted octanol–water partition coefficient (Wildman–Crippen LogP) is 5.07. The minimum Gasteiger partial charge on any atom is -0.478 e. The molecule has 0 fully saturated rings. The summed E-state index contributed by atoms with van der Waals surface area (Å²) in [5.41, 5.74) is 2.18. The Morgan fingerprint density at radius 1 is 0.920 bits per heavy atom. The van der Waals surface area contributed by atoms with Gasteiger partial charge in [-0.2, -0.15) is 0 Å². The third-order valence-electron chi connectivity index (χ3n) is 3.62. The molecule has 0 saturated carbocycles. The van der Waals surface area contributed by atoms with E-state index in [9.17, 15) is 14.7 Å². The third kappa shape index (κ3) is 3.70. The molecule has 3 rings (SSSR count). The Bertz CT molecular complexity index is 905. The maximum absolute atomic E-state index is 12.2. The highest BCUT2D eigenvalue weighted by Crippen LogP contribution is 2.39. The van der Waals surface area contributed by atoms with E-state index in [-0.39, 0.29) is 5.56 Å². The zero-order chi connectivity index (χ0) is 17.8. The lowest BCUT2D eigenvalue weighted by Gasteiger charge is -2.08. The van der Waals surface area contributed by atoms with Gasteiger partial charge in [0.2, 0.25) is 0 Å². The fourth-order valence-electron chi connectivity index (χ4n) is 2.58. The van der Waals surface area contributed by atoms with Crippen LogP contribution in [-0.4, -0.2) is 17.1 Å². The largest absolute Gasteiger partial charge is 0.478 e. The number of carboxylic acid groups (broad SMARTS) is 1. The Morgan fingerprint density at radius 3 is 2.12 bits per heavy atom. The number of thiophene rings is 1. The normalized spacial score (nSPS) is 10.3. The highest BCUT2D eigenvalue weighted by Gasteiger charge is 2.23. The van der Waals surface area contributed by atoms with E-state index in [1.165, 1.54) is 11.3 Å². The van der Waals surface area contributed by atoms with Crippen LogP contribution in [0.2, 0.25) is 0 Å². The number of anilines is 2. The number of carbonyl (C=O) groups is 2. The van der Waals surface area contributed by atoms with Gasteiger partial charge < -0.3 is 10.4 Å². The van der Waals surface area contributed by atoms with Gasteiger partial charge in [0.05, 0.1) is 0 Å². The van der Waals surface area contributed by atoms with Gasteiger partial charge in [0.25, 0.3) is 0 Å². The van der Waals surface area contributed by atoms with Gasteiger partial charge in [-0.3, -0.25) is 5.32 Å². The second kappa shape index (κ2) is 7.19. The molecule has 0 unspecified atom stereocenters. The Labute approximate surface area is 148 Å². The van der Waals surface area contributed by atoms with Crippen molar-refractivity contribution in [3.8, 4) is 11.1 Å². The van der Waals surface area contributed by atoms with Crippen LogP contribution in [0.3, 0.4) is 0 Å². The van der Waals surface area contributed by atoms with Crippen LogP contribution in [0.4, 0.5) is 15.5 Å². The van der Waals surface area contributed by atoms with Gasteiger partial charge in [-0.05, 0) is 24.6 Å². The van der Waals surface area contributed by atoms with Crippen molar-refractivity contribution in [2.45, 2.75) is 6.92 Å². The van der Waals surface area contributed by atoms with Gasteiger partial charge in [-0.1, -0.05) is 48.5 Å². The number of hydrogen-bond donors (Lipinski definition) is 3. The van der Waals surface area contributed by atoms with Crippen molar-refractivity contribution >= 4 is 34.0 Å². The van der Waals surface area contributed by atoms with Crippen molar-refractivity contribution in [1.29, 1.82) is 0 Å². The minimum absolute atomic E-state index is 0.108. The fourth-order valence-corrected chi connectivity index (χ4v) is 3.64. The van der Waals surface area contributed by atoms with Crippen LogP contribution < -0.4 is 10.6 Å². The van der Waals surface area contributed by atoms with Crippen molar-refractivity contribution < 1.29 is 14.7 Å². The van der Waals surface area contributed by atoms with E-state index in [1.54, 1.807) is 24.3 Å². The first-order valence-corrected chi connectivity index (χ1v) is 8.43. The Kier molecular flexibility index (Phi) is 4.81. The summed E-state index contributed by atoms with van der Waals surface area (Å²) < 4.78 is 0. The Morgan fingerprint density at radius 2 is 1.52 bits per heavy atom. The molecule has 126 valence electrons. The second-order valence-electron chi connectivity index (χ2n) is 5.35. The lowest BCUT2D eigenvalue weighted by atomic mass is 10.0. The molecule has 1 heterocycles. The molecule has 0 aliphatic carbocycles. The van der Waals surface area contributed by atoms with E-state index < -0.39 is 12.0 Å². The quantitative estimate of drug-likeness (QED) is 0.614. The predicted molar refractivity (Wildman–Crippen MR) is 101 cm³/mol. The van der Waals surface area contributed by atoms with Crippen LogP contribution >= 0.6 is 11.3 Å². The number of amides is 2. The summed E-state index contributed by atoms with van der Waals surface area (Å²) in [7, 11) is 0. The summed E-state index contributed by atoms with van der Waals surface area (Å²) >= 11 is 1.25. The van der Waals surface area contributed by atoms with Crippen LogP contribution in [0.15, 0.2) is 60.7 Å². The number of aryl methyl sites for hydroxylation is 1. The van der Waals surface area contributed by atoms with Gasteiger partial charge in [0.1, 0.15) is 10.6 Å². The van der Waals surface area contributed by atoms with E-state index >= 15 is 0 Å². The maximum atomic E-state index is 12.2. The molecular weight excluding hydrogens is 336 g/mol. The lowest BCUT2D eigenvalue weighted by molar-refractivity contribution is 0.0699. The number of benzene rings is 2. The monoisotopic (exact) mass is 352 g/mol. The summed E-state index contributed by atoms with van der Waals surface area (Å²) in [4.78, 5) is 24.8. The van der Waals surface area contributed by atoms with Crippen molar-refractivity contribution in [1.82, 2.24) is 0 Å². The molecule has 0 bridgehead atoms. The van der Waals surface area contributed by atoms with Crippen LogP contribution in [0.5, 0.6) is 0 Å². The van der Waals surface area contributed by atoms with E-state index in [2.05, 4.69) is 10.6 Å². The van der Waals surface area contributed by atoms with Gasteiger partial charge in [-0.25, -0.2) is 9.59 Å². The zero-order valence-corrected chi connectivity index (χ0v) is 14.3. The highest BCUT2D eigenvalue weighted by molar-refractivity contribution is 7.17. The molecule has 25 heavy (non-hydrogen) atoms. The van der Waals surface area contributed by atoms with E-state index in [4.69, 9.17) is 0 Å². The van der Waals surface area contributed by atoms with Crippen molar-refractivity contribution in [3.05, 3.63) is 71.1 Å².